The highest BCUT2D eigenvalue weighted by Crippen LogP contribution is 2.11. The first-order chi connectivity index (χ1) is 8.63. The molecule has 0 aliphatic rings. The molecule has 2 atom stereocenters. The first-order valence-corrected chi connectivity index (χ1v) is 6.49. The summed E-state index contributed by atoms with van der Waals surface area (Å²) in [4.78, 5) is 11.7. The number of carbonyl (C=O) groups is 1. The van der Waals surface area contributed by atoms with Crippen LogP contribution in [-0.2, 0) is 4.74 Å². The summed E-state index contributed by atoms with van der Waals surface area (Å²) < 4.78 is 5.28. The van der Waals surface area contributed by atoms with E-state index in [0.717, 1.165) is 12.8 Å². The molecule has 3 nitrogen and oxygen atoms in total. The van der Waals surface area contributed by atoms with Gasteiger partial charge in [0.25, 0.3) is 0 Å². The molecule has 0 saturated heterocycles. The van der Waals surface area contributed by atoms with Crippen molar-refractivity contribution in [3.8, 4) is 0 Å². The van der Waals surface area contributed by atoms with Gasteiger partial charge in [0, 0.05) is 0 Å². The maximum absolute atomic E-state index is 11.7. The van der Waals surface area contributed by atoms with Crippen LogP contribution in [0.25, 0.3) is 0 Å². The van der Waals surface area contributed by atoms with Crippen molar-refractivity contribution in [2.45, 2.75) is 51.7 Å². The first-order valence-electron chi connectivity index (χ1n) is 6.49. The lowest BCUT2D eigenvalue weighted by Gasteiger charge is -2.15. The van der Waals surface area contributed by atoms with Crippen LogP contribution in [-0.4, -0.2) is 23.3 Å². The number of ether oxygens (including phenoxy) is 1. The van der Waals surface area contributed by atoms with Crippen LogP contribution in [0.1, 0.15) is 49.9 Å². The number of benzene rings is 1. The van der Waals surface area contributed by atoms with E-state index in [2.05, 4.69) is 6.07 Å². The van der Waals surface area contributed by atoms with Crippen LogP contribution < -0.4 is 0 Å². The van der Waals surface area contributed by atoms with Crippen molar-refractivity contribution in [2.75, 3.05) is 0 Å². The number of rotatable bonds is 7. The third-order valence-electron chi connectivity index (χ3n) is 2.77. The summed E-state index contributed by atoms with van der Waals surface area (Å²) in [6.07, 6.45) is 2.64. The summed E-state index contributed by atoms with van der Waals surface area (Å²) in [5, 5.41) is 9.60. The van der Waals surface area contributed by atoms with Crippen molar-refractivity contribution in [3.05, 3.63) is 35.9 Å². The van der Waals surface area contributed by atoms with E-state index < -0.39 is 0 Å². The largest absolute Gasteiger partial charge is 0.459 e. The van der Waals surface area contributed by atoms with E-state index in [4.69, 9.17) is 4.74 Å². The molecule has 1 aromatic rings. The number of hydrogen-bond donors (Lipinski definition) is 1. The summed E-state index contributed by atoms with van der Waals surface area (Å²) >= 11 is 0. The van der Waals surface area contributed by atoms with Gasteiger partial charge in [0.1, 0.15) is 0 Å². The van der Waals surface area contributed by atoms with E-state index in [0.29, 0.717) is 18.4 Å². The topological polar surface area (TPSA) is 46.5 Å². The maximum atomic E-state index is 11.7. The zero-order valence-corrected chi connectivity index (χ0v) is 11.1. The van der Waals surface area contributed by atoms with Gasteiger partial charge in [0.2, 0.25) is 0 Å². The zero-order chi connectivity index (χ0) is 13.4. The minimum absolute atomic E-state index is 0.183. The lowest BCUT2D eigenvalue weighted by atomic mass is 10.1. The normalized spacial score (nSPS) is 13.9. The van der Waals surface area contributed by atoms with E-state index in [1.165, 1.54) is 0 Å². The predicted molar refractivity (Wildman–Crippen MR) is 70.3 cm³/mol. The summed E-state index contributed by atoms with van der Waals surface area (Å²) in [6.45, 7) is 3.89. The van der Waals surface area contributed by atoms with Gasteiger partial charge in [-0.2, -0.15) is 0 Å². The van der Waals surface area contributed by atoms with Gasteiger partial charge >= 0.3 is 5.97 Å². The fourth-order valence-corrected chi connectivity index (χ4v) is 1.73. The van der Waals surface area contributed by atoms with Gasteiger partial charge in [-0.15, -0.1) is 0 Å². The molecule has 0 spiro atoms. The lowest BCUT2D eigenvalue weighted by molar-refractivity contribution is 0.0280. The Hall–Kier alpha value is -1.35. The average molecular weight is 249 g/mol. The molecule has 0 fully saturated rings. The monoisotopic (exact) mass is 249 g/mol. The van der Waals surface area contributed by atoms with Crippen LogP contribution >= 0.6 is 0 Å². The molecule has 0 aromatic heterocycles. The highest BCUT2D eigenvalue weighted by Gasteiger charge is 2.13. The molecule has 1 unspecified atom stereocenters. The van der Waals surface area contributed by atoms with Crippen molar-refractivity contribution >= 4 is 5.97 Å². The van der Waals surface area contributed by atoms with Crippen LogP contribution in [0, 0.1) is 6.07 Å². The fourth-order valence-electron chi connectivity index (χ4n) is 1.73. The number of aliphatic hydroxyl groups excluding tert-OH is 1. The van der Waals surface area contributed by atoms with Crippen LogP contribution in [0.3, 0.4) is 0 Å². The Labute approximate surface area is 109 Å². The number of carbonyl (C=O) groups excluding carboxylic acids is 1. The van der Waals surface area contributed by atoms with Crippen LogP contribution in [0.4, 0.5) is 0 Å². The Kier molecular flexibility index (Phi) is 6.44. The highest BCUT2D eigenvalue weighted by molar-refractivity contribution is 5.89. The van der Waals surface area contributed by atoms with E-state index in [9.17, 15) is 9.90 Å². The first kappa shape index (κ1) is 14.7. The van der Waals surface area contributed by atoms with Gasteiger partial charge in [-0.3, -0.25) is 0 Å². The Morgan fingerprint density at radius 3 is 2.78 bits per heavy atom. The molecule has 1 radical (unpaired) electrons. The average Bonchev–Trinajstić information content (AvgIpc) is 2.38. The quantitative estimate of drug-likeness (QED) is 0.756. The molecule has 1 N–H and O–H groups in total. The standard InChI is InChI=1S/C15H21O3/c1-3-7-14(16)11-10-12(2)18-15(17)13-8-5-4-6-9-13/h4-6,8,12,14,16H,3,7,10-11H2,1-2H3/t12-,14?/m1/s1. The lowest BCUT2D eigenvalue weighted by Crippen LogP contribution is -2.17. The van der Waals surface area contributed by atoms with Crippen LogP contribution in [0.2, 0.25) is 0 Å². The molecular formula is C15H21O3. The molecule has 0 heterocycles. The van der Waals surface area contributed by atoms with Crippen molar-refractivity contribution in [1.82, 2.24) is 0 Å². The smallest absolute Gasteiger partial charge is 0.339 e. The minimum atomic E-state index is -0.354. The van der Waals surface area contributed by atoms with Gasteiger partial charge in [0.05, 0.1) is 17.8 Å². The molecular weight excluding hydrogens is 228 g/mol. The number of hydrogen-bond acceptors (Lipinski definition) is 3. The number of esters is 1. The Balaban J connectivity index is 2.32. The van der Waals surface area contributed by atoms with E-state index in [1.807, 2.05) is 13.8 Å². The molecule has 1 rings (SSSR count). The molecule has 1 aromatic carbocycles. The third kappa shape index (κ3) is 5.32. The number of aliphatic hydroxyl groups is 1. The minimum Gasteiger partial charge on any atom is -0.459 e. The zero-order valence-electron chi connectivity index (χ0n) is 11.1. The molecule has 0 saturated carbocycles. The van der Waals surface area contributed by atoms with Gasteiger partial charge in [-0.05, 0) is 38.3 Å². The maximum Gasteiger partial charge on any atom is 0.339 e. The molecule has 0 aliphatic heterocycles. The Morgan fingerprint density at radius 2 is 2.17 bits per heavy atom. The fraction of sp³-hybridized carbons (Fsp3) is 0.533. The Bertz CT molecular complexity index is 348. The van der Waals surface area contributed by atoms with Gasteiger partial charge in [-0.1, -0.05) is 31.5 Å². The van der Waals surface area contributed by atoms with Crippen LogP contribution in [0.15, 0.2) is 24.3 Å². The van der Waals surface area contributed by atoms with Gasteiger partial charge < -0.3 is 9.84 Å². The third-order valence-corrected chi connectivity index (χ3v) is 2.77. The SMILES string of the molecule is CCCC(O)CC[C@@H](C)OC(=O)c1[c]cccc1. The van der Waals surface area contributed by atoms with Crippen molar-refractivity contribution in [3.63, 3.8) is 0 Å². The van der Waals surface area contributed by atoms with Gasteiger partial charge in [-0.25, -0.2) is 4.79 Å². The second-order valence-electron chi connectivity index (χ2n) is 4.51. The summed E-state index contributed by atoms with van der Waals surface area (Å²) in [7, 11) is 0. The van der Waals surface area contributed by atoms with E-state index in [-0.39, 0.29) is 18.2 Å². The molecule has 18 heavy (non-hydrogen) atoms. The van der Waals surface area contributed by atoms with Crippen molar-refractivity contribution in [2.24, 2.45) is 0 Å². The van der Waals surface area contributed by atoms with E-state index in [1.54, 1.807) is 24.3 Å². The molecule has 3 heteroatoms. The molecule has 0 aliphatic carbocycles. The molecule has 0 bridgehead atoms. The van der Waals surface area contributed by atoms with Crippen LogP contribution in [0.5, 0.6) is 0 Å². The van der Waals surface area contributed by atoms with Crippen molar-refractivity contribution < 1.29 is 14.6 Å². The second kappa shape index (κ2) is 7.88. The molecule has 0 amide bonds. The van der Waals surface area contributed by atoms with Gasteiger partial charge in [0.15, 0.2) is 0 Å². The summed E-state index contributed by atoms with van der Waals surface area (Å²) in [5.41, 5.74) is 0.443. The van der Waals surface area contributed by atoms with E-state index >= 15 is 0 Å². The molecule has 99 valence electrons. The summed E-state index contributed by atoms with van der Waals surface area (Å²) in [6, 6.07) is 9.79. The second-order valence-corrected chi connectivity index (χ2v) is 4.51. The summed E-state index contributed by atoms with van der Waals surface area (Å²) in [5.74, 6) is -0.354. The Morgan fingerprint density at radius 1 is 1.39 bits per heavy atom. The highest BCUT2D eigenvalue weighted by atomic mass is 16.5. The predicted octanol–water partition coefficient (Wildman–Crippen LogP) is 2.97. The van der Waals surface area contributed by atoms with Crippen molar-refractivity contribution in [1.29, 1.82) is 0 Å².